The molecule has 3 heterocycles. The van der Waals surface area contributed by atoms with Gasteiger partial charge >= 0.3 is 0 Å². The molecule has 0 radical (unpaired) electrons. The highest BCUT2D eigenvalue weighted by Crippen LogP contribution is 2.33. The van der Waals surface area contributed by atoms with Crippen LogP contribution in [-0.4, -0.2) is 15.0 Å². The van der Waals surface area contributed by atoms with Crippen LogP contribution in [-0.2, 0) is 6.42 Å². The lowest BCUT2D eigenvalue weighted by molar-refractivity contribution is 1.19. The van der Waals surface area contributed by atoms with Crippen LogP contribution in [0.1, 0.15) is 22.9 Å². The molecule has 0 bridgehead atoms. The fourth-order valence-corrected chi connectivity index (χ4v) is 3.91. The van der Waals surface area contributed by atoms with E-state index in [-0.39, 0.29) is 0 Å². The lowest BCUT2D eigenvalue weighted by Gasteiger charge is -2.11. The molecule has 0 fully saturated rings. The highest BCUT2D eigenvalue weighted by atomic mass is 32.1. The van der Waals surface area contributed by atoms with Crippen LogP contribution in [0.5, 0.6) is 0 Å². The maximum Gasteiger partial charge on any atom is 0.164 e. The first-order chi connectivity index (χ1) is 12.6. The molecule has 0 saturated carbocycles. The molecule has 0 amide bonds. The van der Waals surface area contributed by atoms with E-state index >= 15 is 0 Å². The van der Waals surface area contributed by atoms with Gasteiger partial charge in [0, 0.05) is 28.5 Å². The summed E-state index contributed by atoms with van der Waals surface area (Å²) < 4.78 is 0. The van der Waals surface area contributed by atoms with E-state index in [0.717, 1.165) is 33.7 Å². The van der Waals surface area contributed by atoms with Gasteiger partial charge in [-0.3, -0.25) is 4.98 Å². The number of aromatic nitrogens is 3. The second-order valence-electron chi connectivity index (χ2n) is 6.37. The Morgan fingerprint density at radius 2 is 1.96 bits per heavy atom. The molecule has 1 N–H and O–H groups in total. The largest absolute Gasteiger partial charge is 0.339 e. The van der Waals surface area contributed by atoms with Crippen LogP contribution >= 0.6 is 11.3 Å². The second-order valence-corrected chi connectivity index (χ2v) is 7.48. The quantitative estimate of drug-likeness (QED) is 0.509. The van der Waals surface area contributed by atoms with Gasteiger partial charge in [0.1, 0.15) is 10.6 Å². The van der Waals surface area contributed by atoms with Gasteiger partial charge in [-0.2, -0.15) is 0 Å². The fraction of sp³-hybridized carbons (Fsp3) is 0.190. The number of hydrogen-bond donors (Lipinski definition) is 1. The summed E-state index contributed by atoms with van der Waals surface area (Å²) in [5, 5.41) is 4.59. The number of aryl methyl sites for hydroxylation is 3. The zero-order chi connectivity index (χ0) is 18.1. The number of benzene rings is 1. The molecule has 130 valence electrons. The van der Waals surface area contributed by atoms with E-state index in [4.69, 9.17) is 9.97 Å². The highest BCUT2D eigenvalue weighted by Gasteiger charge is 2.13. The molecule has 0 spiro atoms. The standard InChI is InChI=1S/C21H20N4S/c1-4-16-11-17-20(23-18-8-7-13(2)10-14(18)3)24-19(25-21(17)26-16)15-6-5-9-22-12-15/h5-12H,4H2,1-3H3,(H,23,24,25). The Balaban J connectivity index is 1.87. The van der Waals surface area contributed by atoms with Crippen LogP contribution in [0.3, 0.4) is 0 Å². The number of nitrogens with zero attached hydrogens (tertiary/aromatic N) is 3. The lowest BCUT2D eigenvalue weighted by Crippen LogP contribution is -1.99. The topological polar surface area (TPSA) is 50.7 Å². The van der Waals surface area contributed by atoms with Crippen molar-refractivity contribution in [2.24, 2.45) is 0 Å². The Morgan fingerprint density at radius 3 is 2.69 bits per heavy atom. The fourth-order valence-electron chi connectivity index (χ4n) is 2.95. The zero-order valence-corrected chi connectivity index (χ0v) is 15.9. The predicted octanol–water partition coefficient (Wildman–Crippen LogP) is 5.68. The van der Waals surface area contributed by atoms with Crippen molar-refractivity contribution in [2.75, 3.05) is 5.32 Å². The normalized spacial score (nSPS) is 11.0. The van der Waals surface area contributed by atoms with Crippen molar-refractivity contribution in [3.8, 4) is 11.4 Å². The van der Waals surface area contributed by atoms with Gasteiger partial charge in [0.05, 0.1) is 5.39 Å². The highest BCUT2D eigenvalue weighted by molar-refractivity contribution is 7.18. The SMILES string of the molecule is CCc1cc2c(Nc3ccc(C)cc3C)nc(-c3cccnc3)nc2s1. The molecule has 4 rings (SSSR count). The molecule has 4 aromatic rings. The average molecular weight is 360 g/mol. The third-order valence-corrected chi connectivity index (χ3v) is 5.52. The van der Waals surface area contributed by atoms with Crippen LogP contribution in [0.4, 0.5) is 11.5 Å². The van der Waals surface area contributed by atoms with Crippen LogP contribution in [0.15, 0.2) is 48.8 Å². The van der Waals surface area contributed by atoms with E-state index < -0.39 is 0 Å². The van der Waals surface area contributed by atoms with Crippen molar-refractivity contribution in [3.63, 3.8) is 0 Å². The Bertz CT molecular complexity index is 1070. The molecule has 0 aliphatic carbocycles. The summed E-state index contributed by atoms with van der Waals surface area (Å²) in [7, 11) is 0. The van der Waals surface area contributed by atoms with Crippen molar-refractivity contribution in [1.82, 2.24) is 15.0 Å². The number of thiophene rings is 1. The van der Waals surface area contributed by atoms with Gasteiger partial charge in [0.15, 0.2) is 5.82 Å². The van der Waals surface area contributed by atoms with Gasteiger partial charge in [-0.1, -0.05) is 24.6 Å². The summed E-state index contributed by atoms with van der Waals surface area (Å²) in [5.74, 6) is 1.54. The van der Waals surface area contributed by atoms with Gasteiger partial charge in [-0.15, -0.1) is 11.3 Å². The summed E-state index contributed by atoms with van der Waals surface area (Å²) >= 11 is 1.73. The Labute approximate surface area is 157 Å². The van der Waals surface area contributed by atoms with Crippen LogP contribution in [0.25, 0.3) is 21.6 Å². The molecular formula is C21H20N4S. The smallest absolute Gasteiger partial charge is 0.164 e. The Kier molecular flexibility index (Phi) is 4.39. The number of rotatable bonds is 4. The number of anilines is 2. The van der Waals surface area contributed by atoms with Crippen LogP contribution < -0.4 is 5.32 Å². The van der Waals surface area contributed by atoms with E-state index in [0.29, 0.717) is 5.82 Å². The van der Waals surface area contributed by atoms with Gasteiger partial charge in [0.25, 0.3) is 0 Å². The number of fused-ring (bicyclic) bond motifs is 1. The minimum Gasteiger partial charge on any atom is -0.339 e. The second kappa shape index (κ2) is 6.84. The molecule has 0 saturated heterocycles. The van der Waals surface area contributed by atoms with Gasteiger partial charge in [-0.05, 0) is 50.1 Å². The van der Waals surface area contributed by atoms with Crippen molar-refractivity contribution < 1.29 is 0 Å². The average Bonchev–Trinajstić information content (AvgIpc) is 3.08. The van der Waals surface area contributed by atoms with E-state index in [9.17, 15) is 0 Å². The molecule has 0 aliphatic heterocycles. The molecule has 0 unspecified atom stereocenters. The third kappa shape index (κ3) is 3.18. The molecule has 4 nitrogen and oxygen atoms in total. The molecule has 26 heavy (non-hydrogen) atoms. The van der Waals surface area contributed by atoms with Crippen molar-refractivity contribution >= 4 is 33.1 Å². The maximum absolute atomic E-state index is 4.82. The summed E-state index contributed by atoms with van der Waals surface area (Å²) in [6.45, 7) is 6.38. The first-order valence-corrected chi connectivity index (χ1v) is 9.51. The summed E-state index contributed by atoms with van der Waals surface area (Å²) in [6.07, 6.45) is 4.56. The molecule has 5 heteroatoms. The molecule has 0 aliphatic rings. The summed E-state index contributed by atoms with van der Waals surface area (Å²) in [5.41, 5.74) is 4.44. The van der Waals surface area contributed by atoms with Gasteiger partial charge in [-0.25, -0.2) is 9.97 Å². The van der Waals surface area contributed by atoms with Crippen molar-refractivity contribution in [2.45, 2.75) is 27.2 Å². The van der Waals surface area contributed by atoms with Crippen molar-refractivity contribution in [3.05, 3.63) is 64.8 Å². The first-order valence-electron chi connectivity index (χ1n) is 8.69. The van der Waals surface area contributed by atoms with E-state index in [1.165, 1.54) is 16.0 Å². The summed E-state index contributed by atoms with van der Waals surface area (Å²) in [6, 6.07) is 12.5. The van der Waals surface area contributed by atoms with Gasteiger partial charge < -0.3 is 5.32 Å². The molecule has 0 atom stereocenters. The van der Waals surface area contributed by atoms with Crippen LogP contribution in [0, 0.1) is 13.8 Å². The molecular weight excluding hydrogens is 340 g/mol. The monoisotopic (exact) mass is 360 g/mol. The number of pyridine rings is 1. The number of nitrogens with one attached hydrogen (secondary N) is 1. The lowest BCUT2D eigenvalue weighted by atomic mass is 10.1. The van der Waals surface area contributed by atoms with Crippen LogP contribution in [0.2, 0.25) is 0 Å². The van der Waals surface area contributed by atoms with E-state index in [1.54, 1.807) is 23.7 Å². The summed E-state index contributed by atoms with van der Waals surface area (Å²) in [4.78, 5) is 16.1. The van der Waals surface area contributed by atoms with Crippen molar-refractivity contribution in [1.29, 1.82) is 0 Å². The minimum atomic E-state index is 0.697. The van der Waals surface area contributed by atoms with E-state index in [1.807, 2.05) is 12.1 Å². The third-order valence-electron chi connectivity index (χ3n) is 4.35. The Morgan fingerprint density at radius 1 is 1.08 bits per heavy atom. The van der Waals surface area contributed by atoms with Gasteiger partial charge in [0.2, 0.25) is 0 Å². The van der Waals surface area contributed by atoms with E-state index in [2.05, 4.69) is 55.3 Å². The maximum atomic E-state index is 4.82. The number of hydrogen-bond acceptors (Lipinski definition) is 5. The molecule has 1 aromatic carbocycles. The predicted molar refractivity (Wildman–Crippen MR) is 109 cm³/mol. The zero-order valence-electron chi connectivity index (χ0n) is 15.1. The Hall–Kier alpha value is -2.79. The molecule has 3 aromatic heterocycles. The first kappa shape index (κ1) is 16.7. The minimum absolute atomic E-state index is 0.697.